The minimum absolute atomic E-state index is 0.00297. The summed E-state index contributed by atoms with van der Waals surface area (Å²) in [6, 6.07) is 0.00297. The summed E-state index contributed by atoms with van der Waals surface area (Å²) in [6.45, 7) is 10.1. The van der Waals surface area contributed by atoms with E-state index in [2.05, 4.69) is 17.1 Å². The predicted molar refractivity (Wildman–Crippen MR) is 80.0 cm³/mol. The van der Waals surface area contributed by atoms with Gasteiger partial charge in [0.05, 0.1) is 7.11 Å². The van der Waals surface area contributed by atoms with Gasteiger partial charge in [-0.15, -0.1) is 0 Å². The van der Waals surface area contributed by atoms with Crippen LogP contribution in [0.25, 0.3) is 0 Å². The van der Waals surface area contributed by atoms with Gasteiger partial charge in [0.1, 0.15) is 5.60 Å². The van der Waals surface area contributed by atoms with E-state index in [1.165, 1.54) is 7.11 Å². The number of ether oxygens (including phenoxy) is 2. The first-order valence-corrected chi connectivity index (χ1v) is 7.52. The Hall–Kier alpha value is -1.30. The van der Waals surface area contributed by atoms with Crippen molar-refractivity contribution in [3.05, 3.63) is 0 Å². The van der Waals surface area contributed by atoms with Gasteiger partial charge < -0.3 is 19.7 Å². The second-order valence-corrected chi connectivity index (χ2v) is 6.58. The van der Waals surface area contributed by atoms with Gasteiger partial charge in [-0.1, -0.05) is 6.92 Å². The molecule has 1 fully saturated rings. The number of piperidine rings is 1. The minimum atomic E-state index is -0.505. The molecule has 0 saturated carbocycles. The summed E-state index contributed by atoms with van der Waals surface area (Å²) in [5, 5.41) is 2.91. The lowest BCUT2D eigenvalue weighted by atomic mass is 9.91. The zero-order valence-electron chi connectivity index (χ0n) is 13.8. The van der Waals surface area contributed by atoms with Crippen LogP contribution in [-0.2, 0) is 14.3 Å². The first-order chi connectivity index (χ1) is 9.73. The summed E-state index contributed by atoms with van der Waals surface area (Å²) in [7, 11) is 1.40. The number of hydrogen-bond acceptors (Lipinski definition) is 5. The molecule has 1 rings (SSSR count). The van der Waals surface area contributed by atoms with E-state index >= 15 is 0 Å². The number of rotatable bonds is 4. The molecular formula is C15H28N2O4. The Morgan fingerprint density at radius 3 is 2.48 bits per heavy atom. The molecule has 1 saturated heterocycles. The zero-order chi connectivity index (χ0) is 16.0. The molecule has 1 aliphatic rings. The highest BCUT2D eigenvalue weighted by Gasteiger charge is 2.30. The van der Waals surface area contributed by atoms with Crippen molar-refractivity contribution in [2.24, 2.45) is 5.92 Å². The van der Waals surface area contributed by atoms with E-state index in [9.17, 15) is 9.59 Å². The first-order valence-electron chi connectivity index (χ1n) is 7.52. The number of hydrogen-bond donors (Lipinski definition) is 1. The van der Waals surface area contributed by atoms with Crippen molar-refractivity contribution in [2.45, 2.75) is 52.2 Å². The molecule has 0 aliphatic carbocycles. The number of carbonyl (C=O) groups is 2. The van der Waals surface area contributed by atoms with Crippen LogP contribution in [-0.4, -0.2) is 55.3 Å². The van der Waals surface area contributed by atoms with E-state index in [1.807, 2.05) is 20.8 Å². The fourth-order valence-corrected chi connectivity index (χ4v) is 2.61. The normalized spacial score (nSPS) is 23.5. The van der Waals surface area contributed by atoms with E-state index in [0.29, 0.717) is 6.42 Å². The third kappa shape index (κ3) is 6.80. The average molecular weight is 300 g/mol. The zero-order valence-corrected chi connectivity index (χ0v) is 13.8. The second-order valence-electron chi connectivity index (χ2n) is 6.58. The van der Waals surface area contributed by atoms with Crippen LogP contribution >= 0.6 is 0 Å². The highest BCUT2D eigenvalue weighted by molar-refractivity contribution is 5.70. The number of methoxy groups -OCH3 is 1. The maximum absolute atomic E-state index is 11.9. The number of nitrogens with one attached hydrogen (secondary N) is 1. The van der Waals surface area contributed by atoms with Crippen LogP contribution in [0.1, 0.15) is 40.5 Å². The molecular weight excluding hydrogens is 272 g/mol. The van der Waals surface area contributed by atoms with Crippen LogP contribution in [0.5, 0.6) is 0 Å². The summed E-state index contributed by atoms with van der Waals surface area (Å²) in [5.41, 5.74) is -0.505. The van der Waals surface area contributed by atoms with Crippen LogP contribution in [0, 0.1) is 5.92 Å². The summed E-state index contributed by atoms with van der Waals surface area (Å²) >= 11 is 0. The molecule has 0 spiro atoms. The number of alkyl carbamates (subject to hydrolysis) is 1. The van der Waals surface area contributed by atoms with E-state index in [0.717, 1.165) is 26.1 Å². The smallest absolute Gasteiger partial charge is 0.407 e. The van der Waals surface area contributed by atoms with Gasteiger partial charge in [-0.2, -0.15) is 0 Å². The lowest BCUT2D eigenvalue weighted by Crippen LogP contribution is -2.51. The number of nitrogens with zero attached hydrogens (tertiary/aromatic N) is 1. The van der Waals surface area contributed by atoms with Crippen molar-refractivity contribution in [1.29, 1.82) is 0 Å². The lowest BCUT2D eigenvalue weighted by molar-refractivity contribution is -0.142. The molecule has 0 aromatic carbocycles. The Kier molecular flexibility index (Phi) is 6.45. The van der Waals surface area contributed by atoms with E-state index in [-0.39, 0.29) is 17.9 Å². The predicted octanol–water partition coefficient (Wildman–Crippen LogP) is 1.78. The highest BCUT2D eigenvalue weighted by Crippen LogP contribution is 2.21. The standard InChI is InChI=1S/C15H28N2O4/c1-6-17-9-11(8-13(18)20-5)7-12(10-17)16-14(19)21-15(2,3)4/h11-12H,6-10H2,1-5H3,(H,16,19). The van der Waals surface area contributed by atoms with E-state index < -0.39 is 11.7 Å². The number of amides is 1. The minimum Gasteiger partial charge on any atom is -0.469 e. The SMILES string of the molecule is CCN1CC(CC(=O)OC)CC(NC(=O)OC(C)(C)C)C1. The molecule has 0 bridgehead atoms. The molecule has 6 nitrogen and oxygen atoms in total. The third-order valence-electron chi connectivity index (χ3n) is 3.46. The van der Waals surface area contributed by atoms with Crippen LogP contribution in [0.15, 0.2) is 0 Å². The quantitative estimate of drug-likeness (QED) is 0.802. The Balaban J connectivity index is 2.56. The Bertz CT molecular complexity index is 365. The lowest BCUT2D eigenvalue weighted by Gasteiger charge is -2.37. The number of likely N-dealkylation sites (tertiary alicyclic amines) is 1. The molecule has 1 N–H and O–H groups in total. The molecule has 122 valence electrons. The highest BCUT2D eigenvalue weighted by atomic mass is 16.6. The van der Waals surface area contributed by atoms with E-state index in [4.69, 9.17) is 9.47 Å². The summed E-state index contributed by atoms with van der Waals surface area (Å²) in [6.07, 6.45) is 0.756. The van der Waals surface area contributed by atoms with Crippen molar-refractivity contribution in [1.82, 2.24) is 10.2 Å². The second kappa shape index (κ2) is 7.64. The number of carbonyl (C=O) groups excluding carboxylic acids is 2. The fraction of sp³-hybridized carbons (Fsp3) is 0.867. The Labute approximate surface area is 127 Å². The van der Waals surface area contributed by atoms with Crippen LogP contribution < -0.4 is 5.32 Å². The van der Waals surface area contributed by atoms with Crippen molar-refractivity contribution in [3.8, 4) is 0 Å². The van der Waals surface area contributed by atoms with Crippen molar-refractivity contribution in [2.75, 3.05) is 26.7 Å². The molecule has 21 heavy (non-hydrogen) atoms. The molecule has 2 unspecified atom stereocenters. The molecule has 6 heteroatoms. The third-order valence-corrected chi connectivity index (χ3v) is 3.46. The average Bonchev–Trinajstić information content (AvgIpc) is 2.35. The molecule has 1 aliphatic heterocycles. The maximum atomic E-state index is 11.9. The largest absolute Gasteiger partial charge is 0.469 e. The molecule has 0 radical (unpaired) electrons. The van der Waals surface area contributed by atoms with Gasteiger partial charge in [0, 0.05) is 25.6 Å². The first kappa shape index (κ1) is 17.8. The van der Waals surface area contributed by atoms with Gasteiger partial charge in [0.2, 0.25) is 0 Å². The maximum Gasteiger partial charge on any atom is 0.407 e. The van der Waals surface area contributed by atoms with Crippen molar-refractivity contribution >= 4 is 12.1 Å². The molecule has 0 aromatic heterocycles. The van der Waals surface area contributed by atoms with Crippen LogP contribution in [0.2, 0.25) is 0 Å². The Morgan fingerprint density at radius 1 is 1.29 bits per heavy atom. The number of esters is 1. The summed E-state index contributed by atoms with van der Waals surface area (Å²) in [5.74, 6) is 0.0000536. The van der Waals surface area contributed by atoms with Gasteiger partial charge in [-0.25, -0.2) is 4.79 Å². The molecule has 2 atom stereocenters. The summed E-state index contributed by atoms with van der Waals surface area (Å²) in [4.78, 5) is 25.5. The Morgan fingerprint density at radius 2 is 1.95 bits per heavy atom. The van der Waals surface area contributed by atoms with Gasteiger partial charge in [0.15, 0.2) is 0 Å². The molecule has 1 heterocycles. The fourth-order valence-electron chi connectivity index (χ4n) is 2.61. The van der Waals surface area contributed by atoms with Crippen LogP contribution in [0.3, 0.4) is 0 Å². The topological polar surface area (TPSA) is 67.9 Å². The monoisotopic (exact) mass is 300 g/mol. The van der Waals surface area contributed by atoms with Crippen molar-refractivity contribution < 1.29 is 19.1 Å². The van der Waals surface area contributed by atoms with Gasteiger partial charge >= 0.3 is 12.1 Å². The summed E-state index contributed by atoms with van der Waals surface area (Å²) < 4.78 is 10.0. The molecule has 1 amide bonds. The molecule has 0 aromatic rings. The van der Waals surface area contributed by atoms with Gasteiger partial charge in [0.25, 0.3) is 0 Å². The van der Waals surface area contributed by atoms with Gasteiger partial charge in [-0.3, -0.25) is 4.79 Å². The number of likely N-dealkylation sites (N-methyl/N-ethyl adjacent to an activating group) is 1. The van der Waals surface area contributed by atoms with Gasteiger partial charge in [-0.05, 0) is 39.7 Å². The van der Waals surface area contributed by atoms with Crippen LogP contribution in [0.4, 0.5) is 4.79 Å². The van der Waals surface area contributed by atoms with E-state index in [1.54, 1.807) is 0 Å². The van der Waals surface area contributed by atoms with Crippen molar-refractivity contribution in [3.63, 3.8) is 0 Å².